The third kappa shape index (κ3) is 4.31. The average Bonchev–Trinajstić information content (AvgIpc) is 2.77. The van der Waals surface area contributed by atoms with Gasteiger partial charge in [-0.2, -0.15) is 0 Å². The Labute approximate surface area is 187 Å². The van der Waals surface area contributed by atoms with E-state index in [9.17, 15) is 5.11 Å². The first-order valence-electron chi connectivity index (χ1n) is 10.6. The molecule has 0 amide bonds. The quantitative estimate of drug-likeness (QED) is 0.437. The summed E-state index contributed by atoms with van der Waals surface area (Å²) in [4.78, 5) is 6.91. The van der Waals surface area contributed by atoms with Crippen molar-refractivity contribution in [2.45, 2.75) is 32.7 Å². The van der Waals surface area contributed by atoms with E-state index in [1.54, 1.807) is 18.5 Å². The Kier molecular flexibility index (Phi) is 6.30. The summed E-state index contributed by atoms with van der Waals surface area (Å²) in [6.07, 6.45) is 2.62. The number of hydrogen-bond acceptors (Lipinski definition) is 5. The lowest BCUT2D eigenvalue weighted by Crippen LogP contribution is -2.31. The number of hydrogen-bond donors (Lipinski definition) is 2. The highest BCUT2D eigenvalue weighted by atomic mass is 35.5. The second kappa shape index (κ2) is 9.12. The first-order chi connectivity index (χ1) is 15.0. The Morgan fingerprint density at radius 2 is 1.90 bits per heavy atom. The standard InChI is InChI=1S/C24H27ClN4O2/c1-3-28(4-2)12-5-13-29-15-27-24-22(23(29)26)21(16-6-8-17(25)9-7-16)19-11-10-18(30)14-20(19)31-24/h6-11,14-15,21,26,30H,3-5,12-13H2,1-2H3/t21-/m1/s1. The Balaban J connectivity index is 1.75. The molecule has 1 atom stereocenters. The molecule has 31 heavy (non-hydrogen) atoms. The summed E-state index contributed by atoms with van der Waals surface area (Å²) in [5.74, 6) is 0.860. The summed E-state index contributed by atoms with van der Waals surface area (Å²) in [6, 6.07) is 12.7. The Bertz CT molecular complexity index is 1120. The minimum absolute atomic E-state index is 0.130. The number of nitrogens with zero attached hydrogens (tertiary/aromatic N) is 3. The monoisotopic (exact) mass is 438 g/mol. The molecule has 0 saturated carbocycles. The topological polar surface area (TPSA) is 74.4 Å². The fourth-order valence-corrected chi connectivity index (χ4v) is 4.26. The normalized spacial score (nSPS) is 14.8. The first kappa shape index (κ1) is 21.4. The second-order valence-electron chi connectivity index (χ2n) is 7.69. The molecular formula is C24H27ClN4O2. The highest BCUT2D eigenvalue weighted by molar-refractivity contribution is 6.30. The van der Waals surface area contributed by atoms with Crippen molar-refractivity contribution in [2.24, 2.45) is 0 Å². The minimum Gasteiger partial charge on any atom is -0.508 e. The van der Waals surface area contributed by atoms with E-state index in [2.05, 4.69) is 23.7 Å². The maximum Gasteiger partial charge on any atom is 0.228 e. The zero-order valence-electron chi connectivity index (χ0n) is 17.8. The van der Waals surface area contributed by atoms with Crippen molar-refractivity contribution in [1.29, 1.82) is 5.41 Å². The minimum atomic E-state index is -0.230. The maximum absolute atomic E-state index is 9.95. The third-order valence-corrected chi connectivity index (χ3v) is 6.11. The van der Waals surface area contributed by atoms with Crippen LogP contribution in [0, 0.1) is 5.41 Å². The smallest absolute Gasteiger partial charge is 0.228 e. The predicted molar refractivity (Wildman–Crippen MR) is 121 cm³/mol. The van der Waals surface area contributed by atoms with Crippen molar-refractivity contribution in [3.63, 3.8) is 0 Å². The zero-order chi connectivity index (χ0) is 22.0. The van der Waals surface area contributed by atoms with Gasteiger partial charge in [0.05, 0.1) is 5.56 Å². The molecule has 2 heterocycles. The summed E-state index contributed by atoms with van der Waals surface area (Å²) >= 11 is 6.12. The molecule has 1 aliphatic heterocycles. The number of rotatable bonds is 7. The number of nitrogens with one attached hydrogen (secondary N) is 1. The molecule has 0 unspecified atom stereocenters. The predicted octanol–water partition coefficient (Wildman–Crippen LogP) is 4.74. The number of phenols is 1. The molecule has 0 bridgehead atoms. The number of benzene rings is 2. The zero-order valence-corrected chi connectivity index (χ0v) is 18.6. The van der Waals surface area contributed by atoms with Gasteiger partial charge in [0.2, 0.25) is 5.88 Å². The number of aromatic nitrogens is 2. The van der Waals surface area contributed by atoms with Gasteiger partial charge in [-0.15, -0.1) is 0 Å². The van der Waals surface area contributed by atoms with Crippen LogP contribution in [0.3, 0.4) is 0 Å². The molecule has 0 radical (unpaired) electrons. The van der Waals surface area contributed by atoms with Gasteiger partial charge in [0, 0.05) is 29.1 Å². The van der Waals surface area contributed by atoms with Crippen molar-refractivity contribution in [2.75, 3.05) is 19.6 Å². The van der Waals surface area contributed by atoms with Crippen molar-refractivity contribution in [3.8, 4) is 17.4 Å². The Morgan fingerprint density at radius 1 is 1.16 bits per heavy atom. The van der Waals surface area contributed by atoms with E-state index in [0.29, 0.717) is 28.7 Å². The Hall–Kier alpha value is -2.83. The molecule has 3 aromatic rings. The van der Waals surface area contributed by atoms with Crippen molar-refractivity contribution in [1.82, 2.24) is 14.5 Å². The van der Waals surface area contributed by atoms with Crippen LogP contribution in [0.5, 0.6) is 17.4 Å². The third-order valence-electron chi connectivity index (χ3n) is 5.86. The largest absolute Gasteiger partial charge is 0.508 e. The van der Waals surface area contributed by atoms with E-state index >= 15 is 0 Å². The van der Waals surface area contributed by atoms with Crippen LogP contribution in [0.15, 0.2) is 48.8 Å². The molecule has 0 fully saturated rings. The van der Waals surface area contributed by atoms with E-state index in [0.717, 1.165) is 42.7 Å². The van der Waals surface area contributed by atoms with E-state index in [1.807, 2.05) is 34.9 Å². The van der Waals surface area contributed by atoms with Crippen LogP contribution in [-0.2, 0) is 6.54 Å². The van der Waals surface area contributed by atoms with Gasteiger partial charge in [0.15, 0.2) is 0 Å². The molecule has 7 heteroatoms. The fourth-order valence-electron chi connectivity index (χ4n) is 4.13. The summed E-state index contributed by atoms with van der Waals surface area (Å²) in [5.41, 5.74) is 3.01. The highest BCUT2D eigenvalue weighted by Crippen LogP contribution is 2.46. The van der Waals surface area contributed by atoms with Gasteiger partial charge in [-0.05, 0) is 49.8 Å². The molecule has 2 N–H and O–H groups in total. The number of phenolic OH excluding ortho intramolecular Hbond substituents is 1. The Morgan fingerprint density at radius 3 is 2.61 bits per heavy atom. The van der Waals surface area contributed by atoms with Crippen LogP contribution in [-0.4, -0.2) is 39.2 Å². The summed E-state index contributed by atoms with van der Waals surface area (Å²) < 4.78 is 7.90. The molecule has 0 saturated heterocycles. The van der Waals surface area contributed by atoms with Crippen LogP contribution in [0.25, 0.3) is 0 Å². The van der Waals surface area contributed by atoms with Gasteiger partial charge in [-0.1, -0.05) is 43.6 Å². The van der Waals surface area contributed by atoms with Gasteiger partial charge >= 0.3 is 0 Å². The average molecular weight is 439 g/mol. The first-order valence-corrected chi connectivity index (χ1v) is 11.0. The molecule has 0 spiro atoms. The molecule has 4 rings (SSSR count). The maximum atomic E-state index is 9.95. The highest BCUT2D eigenvalue weighted by Gasteiger charge is 2.32. The number of ether oxygens (including phenoxy) is 1. The van der Waals surface area contributed by atoms with Gasteiger partial charge in [0.1, 0.15) is 23.3 Å². The lowest BCUT2D eigenvalue weighted by atomic mass is 9.84. The van der Waals surface area contributed by atoms with Crippen LogP contribution >= 0.6 is 11.6 Å². The van der Waals surface area contributed by atoms with Gasteiger partial charge in [-0.25, -0.2) is 4.98 Å². The number of fused-ring (bicyclic) bond motifs is 2. The van der Waals surface area contributed by atoms with Crippen LogP contribution < -0.4 is 10.2 Å². The van der Waals surface area contributed by atoms with Gasteiger partial charge in [0.25, 0.3) is 0 Å². The number of halogens is 1. The van der Waals surface area contributed by atoms with Crippen molar-refractivity contribution < 1.29 is 9.84 Å². The van der Waals surface area contributed by atoms with Crippen molar-refractivity contribution in [3.05, 3.63) is 76.0 Å². The molecule has 1 aliphatic rings. The van der Waals surface area contributed by atoms with E-state index in [-0.39, 0.29) is 11.7 Å². The van der Waals surface area contributed by atoms with Crippen LogP contribution in [0.4, 0.5) is 0 Å². The number of aromatic hydroxyl groups is 1. The van der Waals surface area contributed by atoms with Gasteiger partial charge in [-0.3, -0.25) is 5.41 Å². The molecule has 0 aliphatic carbocycles. The molecule has 1 aromatic heterocycles. The van der Waals surface area contributed by atoms with Gasteiger partial charge < -0.3 is 19.3 Å². The number of aryl methyl sites for hydroxylation is 1. The van der Waals surface area contributed by atoms with Crippen molar-refractivity contribution >= 4 is 11.6 Å². The summed E-state index contributed by atoms with van der Waals surface area (Å²) in [5, 5.41) is 19.6. The lowest BCUT2D eigenvalue weighted by Gasteiger charge is -2.28. The second-order valence-corrected chi connectivity index (χ2v) is 8.13. The lowest BCUT2D eigenvalue weighted by molar-refractivity contribution is 0.291. The van der Waals surface area contributed by atoms with E-state index in [1.165, 1.54) is 0 Å². The molecular weight excluding hydrogens is 412 g/mol. The summed E-state index contributed by atoms with van der Waals surface area (Å²) in [7, 11) is 0. The molecule has 2 aromatic carbocycles. The SMILES string of the molecule is CCN(CC)CCCn1cnc2c(c1=N)[C@H](c1ccc(Cl)cc1)c1ccc(O)cc1O2. The summed E-state index contributed by atoms with van der Waals surface area (Å²) in [6.45, 7) is 8.06. The van der Waals surface area contributed by atoms with E-state index < -0.39 is 0 Å². The molecule has 6 nitrogen and oxygen atoms in total. The molecule has 162 valence electrons. The van der Waals surface area contributed by atoms with E-state index in [4.69, 9.17) is 21.7 Å². The van der Waals surface area contributed by atoms with Crippen LogP contribution in [0.1, 0.15) is 42.9 Å². The van der Waals surface area contributed by atoms with Crippen LogP contribution in [0.2, 0.25) is 5.02 Å². The fraction of sp³-hybridized carbons (Fsp3) is 0.333.